The summed E-state index contributed by atoms with van der Waals surface area (Å²) in [5, 5.41) is 9.43. The molecule has 2 atom stereocenters. The SMILES string of the molecule is CCC(C)C(C)NCc1nn(C)c2ccccc12. The number of hydrogen-bond acceptors (Lipinski definition) is 2. The van der Waals surface area contributed by atoms with Crippen LogP contribution < -0.4 is 5.32 Å². The molecule has 0 aliphatic carbocycles. The first kappa shape index (κ1) is 13.1. The molecule has 0 aliphatic heterocycles. The molecule has 0 aliphatic rings. The highest BCUT2D eigenvalue weighted by atomic mass is 15.3. The third kappa shape index (κ3) is 2.56. The largest absolute Gasteiger partial charge is 0.308 e. The summed E-state index contributed by atoms with van der Waals surface area (Å²) in [6.45, 7) is 7.61. The van der Waals surface area contributed by atoms with Crippen molar-refractivity contribution in [3.63, 3.8) is 0 Å². The van der Waals surface area contributed by atoms with E-state index in [0.717, 1.165) is 12.2 Å². The molecular weight excluding hydrogens is 222 g/mol. The van der Waals surface area contributed by atoms with E-state index in [4.69, 9.17) is 0 Å². The average molecular weight is 245 g/mol. The minimum absolute atomic E-state index is 0.524. The van der Waals surface area contributed by atoms with Gasteiger partial charge in [0.25, 0.3) is 0 Å². The number of hydrogen-bond donors (Lipinski definition) is 1. The lowest BCUT2D eigenvalue weighted by Crippen LogP contribution is -2.31. The van der Waals surface area contributed by atoms with Crippen LogP contribution >= 0.6 is 0 Å². The third-order valence-corrected chi connectivity index (χ3v) is 3.92. The summed E-state index contributed by atoms with van der Waals surface area (Å²) in [5.41, 5.74) is 2.34. The van der Waals surface area contributed by atoms with Crippen molar-refractivity contribution in [1.29, 1.82) is 0 Å². The fraction of sp³-hybridized carbons (Fsp3) is 0.533. The number of aromatic nitrogens is 2. The van der Waals surface area contributed by atoms with Crippen LogP contribution in [0.2, 0.25) is 0 Å². The van der Waals surface area contributed by atoms with Crippen molar-refractivity contribution in [2.75, 3.05) is 0 Å². The van der Waals surface area contributed by atoms with E-state index in [1.807, 2.05) is 11.7 Å². The van der Waals surface area contributed by atoms with Crippen molar-refractivity contribution < 1.29 is 0 Å². The van der Waals surface area contributed by atoms with Gasteiger partial charge in [-0.2, -0.15) is 5.10 Å². The van der Waals surface area contributed by atoms with Crippen LogP contribution in [-0.2, 0) is 13.6 Å². The molecule has 0 bridgehead atoms. The first-order chi connectivity index (χ1) is 8.63. The molecule has 1 N–H and O–H groups in total. The lowest BCUT2D eigenvalue weighted by Gasteiger charge is -2.19. The van der Waals surface area contributed by atoms with Crippen LogP contribution in [0.3, 0.4) is 0 Å². The van der Waals surface area contributed by atoms with Crippen LogP contribution in [0.4, 0.5) is 0 Å². The van der Waals surface area contributed by atoms with Gasteiger partial charge in [-0.1, -0.05) is 38.5 Å². The highest BCUT2D eigenvalue weighted by Crippen LogP contribution is 2.17. The molecule has 0 saturated heterocycles. The Kier molecular flexibility index (Phi) is 4.02. The second kappa shape index (κ2) is 5.53. The molecule has 1 aromatic heterocycles. The van der Waals surface area contributed by atoms with Gasteiger partial charge in [0.15, 0.2) is 0 Å². The molecule has 0 saturated carbocycles. The molecule has 98 valence electrons. The summed E-state index contributed by atoms with van der Waals surface area (Å²) in [6, 6.07) is 8.92. The van der Waals surface area contributed by atoms with Crippen molar-refractivity contribution in [2.24, 2.45) is 13.0 Å². The smallest absolute Gasteiger partial charge is 0.0841 e. The van der Waals surface area contributed by atoms with E-state index in [9.17, 15) is 0 Å². The fourth-order valence-corrected chi connectivity index (χ4v) is 2.23. The van der Waals surface area contributed by atoms with Gasteiger partial charge in [0.05, 0.1) is 11.2 Å². The summed E-state index contributed by atoms with van der Waals surface area (Å²) in [6.07, 6.45) is 1.21. The first-order valence-electron chi connectivity index (χ1n) is 6.77. The Balaban J connectivity index is 2.13. The second-order valence-corrected chi connectivity index (χ2v) is 5.14. The number of nitrogens with one attached hydrogen (secondary N) is 1. The van der Waals surface area contributed by atoms with Crippen LogP contribution in [0, 0.1) is 5.92 Å². The van der Waals surface area contributed by atoms with Crippen LogP contribution in [0.1, 0.15) is 32.9 Å². The maximum Gasteiger partial charge on any atom is 0.0841 e. The Morgan fingerprint density at radius 2 is 2.00 bits per heavy atom. The Bertz CT molecular complexity index is 515. The van der Waals surface area contributed by atoms with Crippen LogP contribution in [0.25, 0.3) is 10.9 Å². The molecule has 18 heavy (non-hydrogen) atoms. The topological polar surface area (TPSA) is 29.9 Å². The molecule has 0 fully saturated rings. The van der Waals surface area contributed by atoms with E-state index >= 15 is 0 Å². The molecule has 0 radical (unpaired) electrons. The zero-order valence-corrected chi connectivity index (χ0v) is 11.8. The normalized spacial score (nSPS) is 14.9. The average Bonchev–Trinajstić information content (AvgIpc) is 2.72. The monoisotopic (exact) mass is 245 g/mol. The first-order valence-corrected chi connectivity index (χ1v) is 6.77. The van der Waals surface area contributed by atoms with Gasteiger partial charge in [-0.05, 0) is 18.9 Å². The molecule has 1 heterocycles. The number of aryl methyl sites for hydroxylation is 1. The summed E-state index contributed by atoms with van der Waals surface area (Å²) >= 11 is 0. The summed E-state index contributed by atoms with van der Waals surface area (Å²) in [5.74, 6) is 0.694. The van der Waals surface area contributed by atoms with E-state index in [2.05, 4.69) is 55.5 Å². The van der Waals surface area contributed by atoms with E-state index in [1.165, 1.54) is 17.3 Å². The summed E-state index contributed by atoms with van der Waals surface area (Å²) < 4.78 is 1.96. The molecule has 1 aromatic carbocycles. The van der Waals surface area contributed by atoms with E-state index in [1.54, 1.807) is 0 Å². The minimum Gasteiger partial charge on any atom is -0.308 e. The van der Waals surface area contributed by atoms with Gasteiger partial charge in [0.1, 0.15) is 0 Å². The van der Waals surface area contributed by atoms with Gasteiger partial charge in [-0.3, -0.25) is 4.68 Å². The number of fused-ring (bicyclic) bond motifs is 1. The van der Waals surface area contributed by atoms with Crippen LogP contribution in [0.5, 0.6) is 0 Å². The van der Waals surface area contributed by atoms with Gasteiger partial charge >= 0.3 is 0 Å². The highest BCUT2D eigenvalue weighted by Gasteiger charge is 2.12. The zero-order chi connectivity index (χ0) is 13.1. The number of benzene rings is 1. The second-order valence-electron chi connectivity index (χ2n) is 5.14. The van der Waals surface area contributed by atoms with Crippen molar-refractivity contribution in [1.82, 2.24) is 15.1 Å². The molecule has 3 heteroatoms. The lowest BCUT2D eigenvalue weighted by molar-refractivity contribution is 0.387. The summed E-state index contributed by atoms with van der Waals surface area (Å²) in [7, 11) is 2.00. The predicted octanol–water partition coefficient (Wildman–Crippen LogP) is 3.10. The molecule has 2 aromatic rings. The van der Waals surface area contributed by atoms with Crippen molar-refractivity contribution in [3.8, 4) is 0 Å². The Hall–Kier alpha value is -1.35. The third-order valence-electron chi connectivity index (χ3n) is 3.92. The van der Waals surface area contributed by atoms with E-state index < -0.39 is 0 Å². The van der Waals surface area contributed by atoms with Crippen molar-refractivity contribution in [2.45, 2.75) is 39.8 Å². The molecule has 0 amide bonds. The van der Waals surface area contributed by atoms with Gasteiger partial charge in [0, 0.05) is 25.0 Å². The van der Waals surface area contributed by atoms with Crippen molar-refractivity contribution in [3.05, 3.63) is 30.0 Å². The van der Waals surface area contributed by atoms with E-state index in [0.29, 0.717) is 12.0 Å². The molecular formula is C15H23N3. The van der Waals surface area contributed by atoms with Crippen LogP contribution in [-0.4, -0.2) is 15.8 Å². The highest BCUT2D eigenvalue weighted by molar-refractivity contribution is 5.81. The van der Waals surface area contributed by atoms with Gasteiger partial charge < -0.3 is 5.32 Å². The number of nitrogens with zero attached hydrogens (tertiary/aromatic N) is 2. The number of para-hydroxylation sites is 1. The Morgan fingerprint density at radius 1 is 1.28 bits per heavy atom. The zero-order valence-electron chi connectivity index (χ0n) is 11.8. The number of rotatable bonds is 5. The quantitative estimate of drug-likeness (QED) is 0.877. The van der Waals surface area contributed by atoms with E-state index in [-0.39, 0.29) is 0 Å². The van der Waals surface area contributed by atoms with Gasteiger partial charge in [0.2, 0.25) is 0 Å². The Labute approximate surface area is 109 Å². The molecule has 2 unspecified atom stereocenters. The maximum atomic E-state index is 4.60. The Morgan fingerprint density at radius 3 is 2.72 bits per heavy atom. The molecule has 2 rings (SSSR count). The van der Waals surface area contributed by atoms with Gasteiger partial charge in [-0.15, -0.1) is 0 Å². The summed E-state index contributed by atoms with van der Waals surface area (Å²) in [4.78, 5) is 0. The standard InChI is InChI=1S/C15H23N3/c1-5-11(2)12(3)16-10-14-13-8-6-7-9-15(13)18(4)17-14/h6-9,11-12,16H,5,10H2,1-4H3. The maximum absolute atomic E-state index is 4.60. The fourth-order valence-electron chi connectivity index (χ4n) is 2.23. The van der Waals surface area contributed by atoms with Gasteiger partial charge in [-0.25, -0.2) is 0 Å². The lowest BCUT2D eigenvalue weighted by atomic mass is 10.0. The minimum atomic E-state index is 0.524. The van der Waals surface area contributed by atoms with Crippen LogP contribution in [0.15, 0.2) is 24.3 Å². The molecule has 3 nitrogen and oxygen atoms in total. The van der Waals surface area contributed by atoms with Crippen molar-refractivity contribution >= 4 is 10.9 Å². The predicted molar refractivity (Wildman–Crippen MR) is 76.5 cm³/mol. The molecule has 0 spiro atoms.